The first-order valence-corrected chi connectivity index (χ1v) is 8.39. The molecule has 2 saturated carbocycles. The highest BCUT2D eigenvalue weighted by Gasteiger charge is 2.36. The lowest BCUT2D eigenvalue weighted by Gasteiger charge is -2.33. The second-order valence-electron chi connectivity index (χ2n) is 6.98. The third-order valence-corrected chi connectivity index (χ3v) is 5.40. The largest absolute Gasteiger partial charge is 0.385 e. The number of nitrogens with zero attached hydrogens (tertiary/aromatic N) is 1. The van der Waals surface area contributed by atoms with Crippen molar-refractivity contribution in [2.45, 2.75) is 69.8 Å². The van der Waals surface area contributed by atoms with Crippen molar-refractivity contribution in [1.82, 2.24) is 4.98 Å². The molecule has 2 nitrogen and oxygen atoms in total. The fourth-order valence-electron chi connectivity index (χ4n) is 4.34. The molecule has 0 amide bonds. The molecule has 3 rings (SSSR count). The Morgan fingerprint density at radius 3 is 2.00 bits per heavy atom. The topological polar surface area (TPSA) is 33.1 Å². The summed E-state index contributed by atoms with van der Waals surface area (Å²) in [5, 5.41) is 11.4. The zero-order chi connectivity index (χ0) is 13.8. The van der Waals surface area contributed by atoms with E-state index < -0.39 is 5.60 Å². The minimum atomic E-state index is -0.641. The molecule has 0 aromatic carbocycles. The molecule has 0 aliphatic heterocycles. The molecule has 0 spiro atoms. The highest BCUT2D eigenvalue weighted by atomic mass is 16.3. The van der Waals surface area contributed by atoms with Crippen LogP contribution in [0, 0.1) is 11.8 Å². The Morgan fingerprint density at radius 1 is 1.00 bits per heavy atom. The SMILES string of the molecule is OC(CC1CCCC1)(CC1CCCC1)c1cccnc1. The van der Waals surface area contributed by atoms with E-state index in [1.54, 1.807) is 6.20 Å². The summed E-state index contributed by atoms with van der Waals surface area (Å²) in [6.07, 6.45) is 16.1. The lowest BCUT2D eigenvalue weighted by molar-refractivity contribution is -0.0114. The van der Waals surface area contributed by atoms with Gasteiger partial charge in [-0.1, -0.05) is 57.4 Å². The minimum Gasteiger partial charge on any atom is -0.385 e. The van der Waals surface area contributed by atoms with E-state index in [2.05, 4.69) is 11.1 Å². The molecule has 0 radical (unpaired) electrons. The third-order valence-electron chi connectivity index (χ3n) is 5.40. The molecule has 1 aromatic rings. The standard InChI is InChI=1S/C18H27NO/c20-18(12-15-6-1-2-7-15,13-16-8-3-4-9-16)17-10-5-11-19-14-17/h5,10-11,14-16,20H,1-4,6-9,12-13H2. The Labute approximate surface area is 122 Å². The fraction of sp³-hybridized carbons (Fsp3) is 0.722. The van der Waals surface area contributed by atoms with Crippen LogP contribution in [0.25, 0.3) is 0 Å². The predicted molar refractivity (Wildman–Crippen MR) is 81.3 cm³/mol. The Hall–Kier alpha value is -0.890. The molecule has 0 saturated heterocycles. The van der Waals surface area contributed by atoms with Crippen molar-refractivity contribution >= 4 is 0 Å². The number of hydrogen-bond donors (Lipinski definition) is 1. The molecule has 0 bridgehead atoms. The van der Waals surface area contributed by atoms with E-state index in [1.807, 2.05) is 12.3 Å². The quantitative estimate of drug-likeness (QED) is 0.861. The first-order chi connectivity index (χ1) is 9.76. The maximum absolute atomic E-state index is 11.4. The van der Waals surface area contributed by atoms with Crippen molar-refractivity contribution in [3.05, 3.63) is 30.1 Å². The first-order valence-electron chi connectivity index (χ1n) is 8.39. The van der Waals surface area contributed by atoms with Crippen LogP contribution < -0.4 is 0 Å². The molecule has 2 aliphatic carbocycles. The molecule has 1 aromatic heterocycles. The van der Waals surface area contributed by atoms with Crippen LogP contribution in [0.3, 0.4) is 0 Å². The Bertz CT molecular complexity index is 387. The van der Waals surface area contributed by atoms with Crippen molar-refractivity contribution in [1.29, 1.82) is 0 Å². The average Bonchev–Trinajstić information content (AvgIpc) is 3.13. The van der Waals surface area contributed by atoms with Gasteiger partial charge < -0.3 is 5.11 Å². The summed E-state index contributed by atoms with van der Waals surface area (Å²) in [6.45, 7) is 0. The monoisotopic (exact) mass is 273 g/mol. The summed E-state index contributed by atoms with van der Waals surface area (Å²) >= 11 is 0. The summed E-state index contributed by atoms with van der Waals surface area (Å²) in [5.74, 6) is 1.42. The van der Waals surface area contributed by atoms with Crippen LogP contribution in [0.4, 0.5) is 0 Å². The van der Waals surface area contributed by atoms with Crippen molar-refractivity contribution < 1.29 is 5.11 Å². The molecular weight excluding hydrogens is 246 g/mol. The van der Waals surface area contributed by atoms with Gasteiger partial charge in [0.05, 0.1) is 5.60 Å². The van der Waals surface area contributed by atoms with Crippen LogP contribution in [0.15, 0.2) is 24.5 Å². The van der Waals surface area contributed by atoms with Crippen LogP contribution in [0.5, 0.6) is 0 Å². The van der Waals surface area contributed by atoms with Gasteiger partial charge in [-0.3, -0.25) is 4.98 Å². The van der Waals surface area contributed by atoms with E-state index in [0.717, 1.165) is 18.4 Å². The van der Waals surface area contributed by atoms with E-state index in [9.17, 15) is 5.11 Å². The molecule has 110 valence electrons. The second-order valence-corrected chi connectivity index (χ2v) is 6.98. The van der Waals surface area contributed by atoms with E-state index in [4.69, 9.17) is 0 Å². The summed E-state index contributed by atoms with van der Waals surface area (Å²) in [5.41, 5.74) is 0.400. The maximum atomic E-state index is 11.4. The zero-order valence-electron chi connectivity index (χ0n) is 12.4. The molecule has 1 N–H and O–H groups in total. The van der Waals surface area contributed by atoms with Crippen molar-refractivity contribution in [2.75, 3.05) is 0 Å². The van der Waals surface area contributed by atoms with Crippen molar-refractivity contribution in [2.24, 2.45) is 11.8 Å². The fourth-order valence-corrected chi connectivity index (χ4v) is 4.34. The van der Waals surface area contributed by atoms with Crippen LogP contribution in [0.2, 0.25) is 0 Å². The summed E-state index contributed by atoms with van der Waals surface area (Å²) < 4.78 is 0. The smallest absolute Gasteiger partial charge is 0.0916 e. The minimum absolute atomic E-state index is 0.641. The molecule has 2 fully saturated rings. The van der Waals surface area contributed by atoms with E-state index in [1.165, 1.54) is 51.4 Å². The van der Waals surface area contributed by atoms with E-state index >= 15 is 0 Å². The molecule has 0 unspecified atom stereocenters. The molecule has 1 heterocycles. The first kappa shape index (κ1) is 14.1. The molecule has 2 aliphatic rings. The van der Waals surface area contributed by atoms with Crippen LogP contribution >= 0.6 is 0 Å². The Morgan fingerprint density at radius 2 is 1.55 bits per heavy atom. The Balaban J connectivity index is 1.77. The van der Waals surface area contributed by atoms with Crippen molar-refractivity contribution in [3.8, 4) is 0 Å². The van der Waals surface area contributed by atoms with Crippen LogP contribution in [-0.2, 0) is 5.60 Å². The number of hydrogen-bond acceptors (Lipinski definition) is 2. The highest BCUT2D eigenvalue weighted by Crippen LogP contribution is 2.43. The summed E-state index contributed by atoms with van der Waals surface area (Å²) in [6, 6.07) is 4.03. The van der Waals surface area contributed by atoms with Crippen molar-refractivity contribution in [3.63, 3.8) is 0 Å². The normalized spacial score (nSPS) is 21.6. The number of rotatable bonds is 5. The van der Waals surface area contributed by atoms with Gasteiger partial charge in [-0.25, -0.2) is 0 Å². The lowest BCUT2D eigenvalue weighted by atomic mass is 9.78. The van der Waals surface area contributed by atoms with E-state index in [-0.39, 0.29) is 0 Å². The Kier molecular flexibility index (Phi) is 4.40. The third kappa shape index (κ3) is 3.22. The molecular formula is C18H27NO. The van der Waals surface area contributed by atoms with Gasteiger partial charge in [-0.2, -0.15) is 0 Å². The van der Waals surface area contributed by atoms with Crippen LogP contribution in [0.1, 0.15) is 69.8 Å². The maximum Gasteiger partial charge on any atom is 0.0916 e. The van der Waals surface area contributed by atoms with Gasteiger partial charge >= 0.3 is 0 Å². The highest BCUT2D eigenvalue weighted by molar-refractivity contribution is 5.18. The molecule has 20 heavy (non-hydrogen) atoms. The number of aliphatic hydroxyl groups is 1. The zero-order valence-corrected chi connectivity index (χ0v) is 12.4. The van der Waals surface area contributed by atoms with Gasteiger partial charge in [0.1, 0.15) is 0 Å². The molecule has 0 atom stereocenters. The van der Waals surface area contributed by atoms with Gasteiger partial charge in [-0.05, 0) is 30.7 Å². The van der Waals surface area contributed by atoms with Crippen LogP contribution in [-0.4, -0.2) is 10.1 Å². The van der Waals surface area contributed by atoms with Gasteiger partial charge in [-0.15, -0.1) is 0 Å². The summed E-state index contributed by atoms with van der Waals surface area (Å²) in [7, 11) is 0. The average molecular weight is 273 g/mol. The van der Waals surface area contributed by atoms with Gasteiger partial charge in [0.15, 0.2) is 0 Å². The van der Waals surface area contributed by atoms with Gasteiger partial charge in [0, 0.05) is 18.0 Å². The van der Waals surface area contributed by atoms with Gasteiger partial charge in [0.25, 0.3) is 0 Å². The summed E-state index contributed by atoms with van der Waals surface area (Å²) in [4.78, 5) is 4.24. The number of aromatic nitrogens is 1. The molecule has 2 heteroatoms. The number of pyridine rings is 1. The van der Waals surface area contributed by atoms with Gasteiger partial charge in [0.2, 0.25) is 0 Å². The lowest BCUT2D eigenvalue weighted by Crippen LogP contribution is -2.31. The predicted octanol–water partition coefficient (Wildman–Crippen LogP) is 4.43. The van der Waals surface area contributed by atoms with E-state index in [0.29, 0.717) is 11.8 Å². The second kappa shape index (κ2) is 6.26.